The van der Waals surface area contributed by atoms with Gasteiger partial charge < -0.3 is 10.6 Å². The summed E-state index contributed by atoms with van der Waals surface area (Å²) in [6.45, 7) is 6.18. The van der Waals surface area contributed by atoms with Crippen molar-refractivity contribution in [2.24, 2.45) is 0 Å². The maximum Gasteiger partial charge on any atom is 0.266 e. The standard InChI is InChI=1S/C34H34Cl2N2O5S/c1-34(2,3)26-12-8-24(9-13-26)30(20-22-4-6-25(7-5-22)32(39)37-18-19-44(41,42)43)33(40)38-28-16-17-29(31(36)21-28)23-10-14-27(35)15-11-23/h4-17,21,30H,18-20H2,1-3H3,(H,37,39)(H,38,40)(H,41,42,43). The van der Waals surface area contributed by atoms with Crippen LogP contribution in [0, 0.1) is 0 Å². The number of anilines is 1. The molecule has 4 aromatic carbocycles. The minimum Gasteiger partial charge on any atom is -0.351 e. The second-order valence-corrected chi connectivity index (χ2v) is 14.0. The van der Waals surface area contributed by atoms with Crippen molar-refractivity contribution in [1.82, 2.24) is 5.32 Å². The highest BCUT2D eigenvalue weighted by Gasteiger charge is 2.23. The Morgan fingerprint density at radius 3 is 2.07 bits per heavy atom. The fourth-order valence-electron chi connectivity index (χ4n) is 4.69. The summed E-state index contributed by atoms with van der Waals surface area (Å²) in [5.41, 5.74) is 5.39. The Morgan fingerprint density at radius 2 is 1.50 bits per heavy atom. The topological polar surface area (TPSA) is 113 Å². The van der Waals surface area contributed by atoms with Crippen LogP contribution in [0.2, 0.25) is 10.0 Å². The highest BCUT2D eigenvalue weighted by atomic mass is 35.5. The Hall–Kier alpha value is -3.69. The Labute approximate surface area is 268 Å². The molecule has 0 fully saturated rings. The van der Waals surface area contributed by atoms with Crippen LogP contribution in [0.25, 0.3) is 11.1 Å². The van der Waals surface area contributed by atoms with Crippen molar-refractivity contribution < 1.29 is 22.6 Å². The number of rotatable bonds is 10. The molecule has 0 bridgehead atoms. The third-order valence-electron chi connectivity index (χ3n) is 7.19. The van der Waals surface area contributed by atoms with Gasteiger partial charge in [-0.3, -0.25) is 14.1 Å². The maximum absolute atomic E-state index is 13.8. The van der Waals surface area contributed by atoms with E-state index >= 15 is 0 Å². The number of hydrogen-bond donors (Lipinski definition) is 3. The van der Waals surface area contributed by atoms with Crippen molar-refractivity contribution in [3.05, 3.63) is 123 Å². The molecular formula is C34H34Cl2N2O5S. The molecule has 3 N–H and O–H groups in total. The lowest BCUT2D eigenvalue weighted by atomic mass is 9.84. The number of carbonyl (C=O) groups excluding carboxylic acids is 2. The molecule has 2 amide bonds. The number of amides is 2. The van der Waals surface area contributed by atoms with Crippen LogP contribution in [0.5, 0.6) is 0 Å². The monoisotopic (exact) mass is 652 g/mol. The van der Waals surface area contributed by atoms with Gasteiger partial charge in [-0.05, 0) is 70.5 Å². The lowest BCUT2D eigenvalue weighted by molar-refractivity contribution is -0.117. The van der Waals surface area contributed by atoms with Gasteiger partial charge in [-0.2, -0.15) is 8.42 Å². The predicted octanol–water partition coefficient (Wildman–Crippen LogP) is 7.54. The van der Waals surface area contributed by atoms with E-state index < -0.39 is 27.7 Å². The molecule has 4 rings (SSSR count). The lowest BCUT2D eigenvalue weighted by Gasteiger charge is -2.22. The number of benzene rings is 4. The maximum atomic E-state index is 13.8. The molecule has 0 radical (unpaired) electrons. The summed E-state index contributed by atoms with van der Waals surface area (Å²) in [7, 11) is -4.17. The zero-order chi connectivity index (χ0) is 32.1. The van der Waals surface area contributed by atoms with Gasteiger partial charge in [0.15, 0.2) is 0 Å². The zero-order valence-electron chi connectivity index (χ0n) is 24.6. The van der Waals surface area contributed by atoms with Crippen LogP contribution in [-0.4, -0.2) is 37.1 Å². The Balaban J connectivity index is 1.55. The highest BCUT2D eigenvalue weighted by Crippen LogP contribution is 2.32. The van der Waals surface area contributed by atoms with Crippen LogP contribution >= 0.6 is 23.2 Å². The first-order valence-electron chi connectivity index (χ1n) is 14.0. The van der Waals surface area contributed by atoms with E-state index in [1.165, 1.54) is 0 Å². The summed E-state index contributed by atoms with van der Waals surface area (Å²) in [4.78, 5) is 26.2. The van der Waals surface area contributed by atoms with Crippen LogP contribution in [0.1, 0.15) is 53.7 Å². The quantitative estimate of drug-likeness (QED) is 0.153. The molecule has 0 saturated heterocycles. The smallest absolute Gasteiger partial charge is 0.266 e. The average Bonchev–Trinajstić information content (AvgIpc) is 2.96. The first kappa shape index (κ1) is 33.2. The van der Waals surface area contributed by atoms with E-state index in [4.69, 9.17) is 27.8 Å². The van der Waals surface area contributed by atoms with E-state index in [0.29, 0.717) is 27.7 Å². The van der Waals surface area contributed by atoms with Gasteiger partial charge in [0.25, 0.3) is 16.0 Å². The van der Waals surface area contributed by atoms with Crippen molar-refractivity contribution in [1.29, 1.82) is 0 Å². The Bertz CT molecular complexity index is 1730. The molecule has 0 aliphatic carbocycles. The molecular weight excluding hydrogens is 619 g/mol. The van der Waals surface area contributed by atoms with Crippen LogP contribution in [0.4, 0.5) is 5.69 Å². The van der Waals surface area contributed by atoms with Gasteiger partial charge in [-0.1, -0.05) is 98.6 Å². The SMILES string of the molecule is CC(C)(C)c1ccc(C(Cc2ccc(C(=O)NCCS(=O)(=O)O)cc2)C(=O)Nc2ccc(-c3ccc(Cl)cc3)c(Cl)c2)cc1. The summed E-state index contributed by atoms with van der Waals surface area (Å²) >= 11 is 12.6. The number of halogens is 2. The number of nitrogens with one attached hydrogen (secondary N) is 2. The minimum atomic E-state index is -4.17. The van der Waals surface area contributed by atoms with E-state index in [1.807, 2.05) is 48.5 Å². The van der Waals surface area contributed by atoms with E-state index in [1.54, 1.807) is 42.5 Å². The largest absolute Gasteiger partial charge is 0.351 e. The molecule has 0 aliphatic heterocycles. The first-order chi connectivity index (χ1) is 20.7. The molecule has 44 heavy (non-hydrogen) atoms. The fraction of sp³-hybridized carbons (Fsp3) is 0.235. The zero-order valence-corrected chi connectivity index (χ0v) is 26.9. The van der Waals surface area contributed by atoms with E-state index in [2.05, 4.69) is 31.4 Å². The molecule has 0 saturated carbocycles. The van der Waals surface area contributed by atoms with Crippen LogP contribution in [0.15, 0.2) is 91.0 Å². The van der Waals surface area contributed by atoms with Crippen molar-refractivity contribution in [2.45, 2.75) is 38.5 Å². The normalized spacial score (nSPS) is 12.4. The van der Waals surface area contributed by atoms with Crippen LogP contribution in [-0.2, 0) is 26.7 Å². The van der Waals surface area contributed by atoms with Gasteiger partial charge >= 0.3 is 0 Å². The Morgan fingerprint density at radius 1 is 0.864 bits per heavy atom. The average molecular weight is 654 g/mol. The molecule has 4 aromatic rings. The molecule has 1 unspecified atom stereocenters. The summed E-state index contributed by atoms with van der Waals surface area (Å²) in [6, 6.07) is 27.5. The molecule has 0 spiro atoms. The Kier molecular flexibility index (Phi) is 10.5. The van der Waals surface area contributed by atoms with Crippen molar-refractivity contribution >= 4 is 50.8 Å². The van der Waals surface area contributed by atoms with Crippen LogP contribution in [0.3, 0.4) is 0 Å². The summed E-state index contributed by atoms with van der Waals surface area (Å²) in [5, 5.41) is 6.60. The van der Waals surface area contributed by atoms with Gasteiger partial charge in [-0.15, -0.1) is 0 Å². The summed E-state index contributed by atoms with van der Waals surface area (Å²) < 4.78 is 30.7. The van der Waals surface area contributed by atoms with Crippen molar-refractivity contribution in [3.8, 4) is 11.1 Å². The predicted molar refractivity (Wildman–Crippen MR) is 177 cm³/mol. The number of hydrogen-bond acceptors (Lipinski definition) is 4. The molecule has 0 heterocycles. The molecule has 7 nitrogen and oxygen atoms in total. The van der Waals surface area contributed by atoms with Gasteiger partial charge in [0.2, 0.25) is 5.91 Å². The van der Waals surface area contributed by atoms with Crippen molar-refractivity contribution in [2.75, 3.05) is 17.6 Å². The molecule has 0 aromatic heterocycles. The third-order valence-corrected chi connectivity index (χ3v) is 8.47. The van der Waals surface area contributed by atoms with E-state index in [-0.39, 0.29) is 17.9 Å². The molecule has 230 valence electrons. The van der Waals surface area contributed by atoms with E-state index in [0.717, 1.165) is 27.8 Å². The van der Waals surface area contributed by atoms with Gasteiger partial charge in [0.05, 0.1) is 16.7 Å². The van der Waals surface area contributed by atoms with Crippen LogP contribution < -0.4 is 10.6 Å². The molecule has 0 aliphatic rings. The van der Waals surface area contributed by atoms with Gasteiger partial charge in [0.1, 0.15) is 0 Å². The fourth-order valence-corrected chi connectivity index (χ4v) is 5.46. The second kappa shape index (κ2) is 13.9. The third kappa shape index (κ3) is 9.16. The van der Waals surface area contributed by atoms with E-state index in [9.17, 15) is 18.0 Å². The second-order valence-electron chi connectivity index (χ2n) is 11.6. The lowest BCUT2D eigenvalue weighted by Crippen LogP contribution is -2.28. The summed E-state index contributed by atoms with van der Waals surface area (Å²) in [5.74, 6) is -1.80. The highest BCUT2D eigenvalue weighted by molar-refractivity contribution is 7.85. The summed E-state index contributed by atoms with van der Waals surface area (Å²) in [6.07, 6.45) is 0.363. The van der Waals surface area contributed by atoms with Gasteiger partial charge in [-0.25, -0.2) is 0 Å². The van der Waals surface area contributed by atoms with Crippen molar-refractivity contribution in [3.63, 3.8) is 0 Å². The first-order valence-corrected chi connectivity index (χ1v) is 16.4. The minimum absolute atomic E-state index is 0.0450. The molecule has 10 heteroatoms. The van der Waals surface area contributed by atoms with Gasteiger partial charge in [0, 0.05) is 28.4 Å². The number of carbonyl (C=O) groups is 2. The molecule has 1 atom stereocenters.